The molecule has 2 aromatic carbocycles. The lowest BCUT2D eigenvalue weighted by Gasteiger charge is -2.23. The topological polar surface area (TPSA) is 78.7 Å². The number of benzene rings is 2. The van der Waals surface area contributed by atoms with E-state index in [0.29, 0.717) is 17.9 Å². The summed E-state index contributed by atoms with van der Waals surface area (Å²) in [6, 6.07) is 12.5. The van der Waals surface area contributed by atoms with Crippen LogP contribution in [0.5, 0.6) is 5.75 Å². The van der Waals surface area contributed by atoms with Crippen molar-refractivity contribution >= 4 is 23.3 Å². The molecule has 0 bridgehead atoms. The zero-order chi connectivity index (χ0) is 19.6. The molecule has 2 unspecified atom stereocenters. The molecule has 0 saturated heterocycles. The molecule has 0 saturated carbocycles. The zero-order valence-corrected chi connectivity index (χ0v) is 15.5. The average molecular weight is 367 g/mol. The fourth-order valence-corrected chi connectivity index (χ4v) is 3.58. The molecule has 1 aliphatic carbocycles. The van der Waals surface area contributed by atoms with Crippen LogP contribution in [0.1, 0.15) is 36.5 Å². The highest BCUT2D eigenvalue weighted by atomic mass is 16.6. The molecule has 0 aliphatic heterocycles. The number of allylic oxidation sites excluding steroid dienone is 1. The normalized spacial score (nSPS) is 16.3. The lowest BCUT2D eigenvalue weighted by molar-refractivity contribution is -0.385. The molecule has 0 fully saturated rings. The van der Waals surface area contributed by atoms with Crippen LogP contribution in [0.3, 0.4) is 0 Å². The van der Waals surface area contributed by atoms with Crippen LogP contribution >= 0.6 is 0 Å². The van der Waals surface area contributed by atoms with Crippen molar-refractivity contribution in [2.24, 2.45) is 5.92 Å². The summed E-state index contributed by atoms with van der Waals surface area (Å²) < 4.78 is 10.3. The highest BCUT2D eigenvalue weighted by molar-refractivity contribution is 5.96. The first-order chi connectivity index (χ1) is 13.0. The number of nitrogens with zero attached hydrogens (tertiary/aromatic N) is 1. The maximum Gasteiger partial charge on any atom is 0.309 e. The average Bonchev–Trinajstić information content (AvgIpc) is 3.06. The van der Waals surface area contributed by atoms with Gasteiger partial charge in [-0.25, -0.2) is 0 Å². The van der Waals surface area contributed by atoms with Gasteiger partial charge in [-0.15, -0.1) is 0 Å². The van der Waals surface area contributed by atoms with E-state index >= 15 is 0 Å². The van der Waals surface area contributed by atoms with Crippen LogP contribution in [0.2, 0.25) is 0 Å². The molecule has 0 radical (unpaired) electrons. The largest absolute Gasteiger partial charge is 0.497 e. The molecule has 3 rings (SSSR count). The summed E-state index contributed by atoms with van der Waals surface area (Å²) in [5.74, 6) is -0.688. The number of carbonyl (C=O) groups excluding carboxylic acids is 1. The third kappa shape index (κ3) is 3.43. The molecule has 2 aromatic rings. The molecule has 140 valence electrons. The van der Waals surface area contributed by atoms with E-state index in [-0.39, 0.29) is 17.6 Å². The van der Waals surface area contributed by atoms with Gasteiger partial charge >= 0.3 is 5.97 Å². The second-order valence-electron chi connectivity index (χ2n) is 6.39. The number of ether oxygens (including phenoxy) is 2. The predicted molar refractivity (Wildman–Crippen MR) is 102 cm³/mol. The fourth-order valence-electron chi connectivity index (χ4n) is 3.58. The Morgan fingerprint density at radius 1 is 1.26 bits per heavy atom. The van der Waals surface area contributed by atoms with Gasteiger partial charge in [0.1, 0.15) is 5.75 Å². The third-order valence-electron chi connectivity index (χ3n) is 4.85. The lowest BCUT2D eigenvalue weighted by atomic mass is 9.81. The Hall–Kier alpha value is -3.15. The van der Waals surface area contributed by atoms with Crippen molar-refractivity contribution in [3.63, 3.8) is 0 Å². The van der Waals surface area contributed by atoms with Gasteiger partial charge in [-0.2, -0.15) is 0 Å². The molecule has 0 heterocycles. The minimum absolute atomic E-state index is 0.0468. The first kappa shape index (κ1) is 18.6. The van der Waals surface area contributed by atoms with E-state index in [1.54, 1.807) is 26.0 Å². The van der Waals surface area contributed by atoms with Crippen LogP contribution in [-0.2, 0) is 9.53 Å². The highest BCUT2D eigenvalue weighted by Gasteiger charge is 2.37. The summed E-state index contributed by atoms with van der Waals surface area (Å²) in [5, 5.41) is 11.7. The van der Waals surface area contributed by atoms with E-state index in [1.807, 2.05) is 30.3 Å². The van der Waals surface area contributed by atoms with E-state index in [4.69, 9.17) is 9.47 Å². The number of rotatable bonds is 6. The molecule has 2 atom stereocenters. The van der Waals surface area contributed by atoms with Crippen LogP contribution in [0.4, 0.5) is 5.69 Å². The second kappa shape index (κ2) is 7.61. The molecule has 0 aromatic heterocycles. The number of methoxy groups -OCH3 is 1. The van der Waals surface area contributed by atoms with Crippen LogP contribution in [0.15, 0.2) is 42.5 Å². The lowest BCUT2D eigenvalue weighted by Crippen LogP contribution is -2.22. The first-order valence-corrected chi connectivity index (χ1v) is 8.77. The Kier molecular flexibility index (Phi) is 5.26. The van der Waals surface area contributed by atoms with E-state index in [1.165, 1.54) is 13.2 Å². The van der Waals surface area contributed by atoms with Crippen molar-refractivity contribution in [2.45, 2.75) is 19.8 Å². The Morgan fingerprint density at radius 3 is 2.67 bits per heavy atom. The van der Waals surface area contributed by atoms with Crippen LogP contribution in [0, 0.1) is 16.0 Å². The predicted octanol–water partition coefficient (Wildman–Crippen LogP) is 4.44. The van der Waals surface area contributed by atoms with Gasteiger partial charge in [-0.05, 0) is 41.8 Å². The number of fused-ring (bicyclic) bond motifs is 1. The number of carbonyl (C=O) groups is 1. The highest BCUT2D eigenvalue weighted by Crippen LogP contribution is 2.48. The van der Waals surface area contributed by atoms with Gasteiger partial charge in [0, 0.05) is 5.92 Å². The van der Waals surface area contributed by atoms with Gasteiger partial charge < -0.3 is 9.47 Å². The first-order valence-electron chi connectivity index (χ1n) is 8.77. The van der Waals surface area contributed by atoms with Gasteiger partial charge in [-0.1, -0.05) is 31.2 Å². The molecule has 1 aliphatic rings. The maximum absolute atomic E-state index is 12.4. The monoisotopic (exact) mass is 367 g/mol. The summed E-state index contributed by atoms with van der Waals surface area (Å²) >= 11 is 0. The molecule has 27 heavy (non-hydrogen) atoms. The molecule has 6 heteroatoms. The number of nitro groups is 1. The van der Waals surface area contributed by atoms with Crippen LogP contribution in [0.25, 0.3) is 11.6 Å². The fraction of sp³-hybridized carbons (Fsp3) is 0.286. The van der Waals surface area contributed by atoms with Gasteiger partial charge in [0.25, 0.3) is 5.69 Å². The molecule has 0 spiro atoms. The maximum atomic E-state index is 12.4. The Balaban J connectivity index is 2.14. The quantitative estimate of drug-likeness (QED) is 0.428. The van der Waals surface area contributed by atoms with E-state index in [2.05, 4.69) is 0 Å². The molecule has 0 N–H and O–H groups in total. The van der Waals surface area contributed by atoms with Crippen molar-refractivity contribution in [1.29, 1.82) is 0 Å². The smallest absolute Gasteiger partial charge is 0.309 e. The van der Waals surface area contributed by atoms with Gasteiger partial charge in [0.15, 0.2) is 0 Å². The third-order valence-corrected chi connectivity index (χ3v) is 4.85. The summed E-state index contributed by atoms with van der Waals surface area (Å²) in [5.41, 5.74) is 3.11. The Labute approximate surface area is 157 Å². The number of esters is 1. The number of hydrogen-bond donors (Lipinski definition) is 0. The summed E-state index contributed by atoms with van der Waals surface area (Å²) in [4.78, 5) is 23.7. The van der Waals surface area contributed by atoms with Gasteiger partial charge in [0.05, 0.1) is 36.2 Å². The zero-order valence-electron chi connectivity index (χ0n) is 15.5. The number of nitro benzene ring substituents is 1. The van der Waals surface area contributed by atoms with Crippen molar-refractivity contribution in [1.82, 2.24) is 0 Å². The molecule has 0 amide bonds. The second-order valence-corrected chi connectivity index (χ2v) is 6.39. The molecule has 6 nitrogen and oxygen atoms in total. The molecular weight excluding hydrogens is 346 g/mol. The van der Waals surface area contributed by atoms with Crippen molar-refractivity contribution in [2.75, 3.05) is 13.7 Å². The van der Waals surface area contributed by atoms with Gasteiger partial charge in [0.2, 0.25) is 0 Å². The van der Waals surface area contributed by atoms with Crippen molar-refractivity contribution in [3.05, 3.63) is 69.3 Å². The minimum Gasteiger partial charge on any atom is -0.497 e. The number of hydrogen-bond acceptors (Lipinski definition) is 5. The van der Waals surface area contributed by atoms with E-state index in [0.717, 1.165) is 16.7 Å². The standard InChI is InChI=1S/C21H21NO5/c1-4-27-21(23)13(2)20-16-8-6-5-7-14(16)11-18(20)17-10-9-15(26-3)12-19(17)22(24)25/h5-13,20H,4H2,1-3H3. The SMILES string of the molecule is CCOC(=O)C(C)C1C(c2ccc(OC)cc2[N+](=O)[O-])=Cc2ccccc21. The summed E-state index contributed by atoms with van der Waals surface area (Å²) in [7, 11) is 1.47. The van der Waals surface area contributed by atoms with Gasteiger partial charge in [-0.3, -0.25) is 14.9 Å². The summed E-state index contributed by atoms with van der Waals surface area (Å²) in [6.07, 6.45) is 1.92. The van der Waals surface area contributed by atoms with E-state index < -0.39 is 10.8 Å². The van der Waals surface area contributed by atoms with Crippen molar-refractivity contribution in [3.8, 4) is 5.75 Å². The molecular formula is C21H21NO5. The van der Waals surface area contributed by atoms with E-state index in [9.17, 15) is 14.9 Å². The Bertz CT molecular complexity index is 919. The Morgan fingerprint density at radius 2 is 2.00 bits per heavy atom. The summed E-state index contributed by atoms with van der Waals surface area (Å²) in [6.45, 7) is 3.85. The van der Waals surface area contributed by atoms with Crippen LogP contribution in [-0.4, -0.2) is 24.6 Å². The van der Waals surface area contributed by atoms with Crippen LogP contribution < -0.4 is 4.74 Å². The minimum atomic E-state index is -0.471. The van der Waals surface area contributed by atoms with Crippen molar-refractivity contribution < 1.29 is 19.2 Å².